The van der Waals surface area contributed by atoms with Gasteiger partial charge < -0.3 is 16.0 Å². The van der Waals surface area contributed by atoms with E-state index in [9.17, 15) is 14.4 Å². The Morgan fingerprint density at radius 3 is 2.68 bits per heavy atom. The number of benzene rings is 1. The van der Waals surface area contributed by atoms with Gasteiger partial charge in [0.05, 0.1) is 0 Å². The third-order valence-electron chi connectivity index (χ3n) is 6.93. The molecular formula is C21H26N4O3. The van der Waals surface area contributed by atoms with Crippen molar-refractivity contribution in [3.05, 3.63) is 34.9 Å². The van der Waals surface area contributed by atoms with Crippen LogP contribution in [0.1, 0.15) is 60.0 Å². The molecule has 0 radical (unpaired) electrons. The Morgan fingerprint density at radius 2 is 1.96 bits per heavy atom. The highest BCUT2D eigenvalue weighted by Gasteiger charge is 2.51. The first-order valence-electron chi connectivity index (χ1n) is 10.2. The average molecular weight is 382 g/mol. The molecule has 4 aliphatic rings. The second-order valence-corrected chi connectivity index (χ2v) is 9.05. The summed E-state index contributed by atoms with van der Waals surface area (Å²) in [5, 5.41) is 5.96. The third-order valence-corrected chi connectivity index (χ3v) is 6.93. The zero-order valence-corrected chi connectivity index (χ0v) is 15.9. The van der Waals surface area contributed by atoms with Crippen molar-refractivity contribution >= 4 is 17.7 Å². The molecule has 7 heteroatoms. The van der Waals surface area contributed by atoms with Gasteiger partial charge in [0.25, 0.3) is 5.91 Å². The minimum Gasteiger partial charge on any atom is -0.328 e. The van der Waals surface area contributed by atoms with Gasteiger partial charge in [0, 0.05) is 37.2 Å². The number of rotatable bonds is 4. The highest BCUT2D eigenvalue weighted by Crippen LogP contribution is 2.55. The van der Waals surface area contributed by atoms with E-state index in [4.69, 9.17) is 5.73 Å². The third kappa shape index (κ3) is 2.93. The van der Waals surface area contributed by atoms with Crippen molar-refractivity contribution in [1.29, 1.82) is 0 Å². The normalized spacial score (nSPS) is 34.1. The van der Waals surface area contributed by atoms with Gasteiger partial charge in [-0.15, -0.1) is 0 Å². The molecule has 3 amide bonds. The molecule has 1 spiro atoms. The fourth-order valence-electron chi connectivity index (χ4n) is 5.52. The van der Waals surface area contributed by atoms with Crippen molar-refractivity contribution in [2.45, 2.75) is 69.7 Å². The fraction of sp³-hybridized carbons (Fsp3) is 0.571. The van der Waals surface area contributed by atoms with E-state index in [-0.39, 0.29) is 24.1 Å². The van der Waals surface area contributed by atoms with Gasteiger partial charge in [-0.05, 0) is 54.7 Å². The minimum atomic E-state index is -0.556. The molecule has 1 aromatic rings. The van der Waals surface area contributed by atoms with Gasteiger partial charge in [0.15, 0.2) is 0 Å². The second-order valence-electron chi connectivity index (χ2n) is 9.05. The summed E-state index contributed by atoms with van der Waals surface area (Å²) in [6.07, 6.45) is 5.44. The van der Waals surface area contributed by atoms with Crippen molar-refractivity contribution in [3.63, 3.8) is 0 Å². The monoisotopic (exact) mass is 382 g/mol. The molecule has 3 fully saturated rings. The predicted octanol–water partition coefficient (Wildman–Crippen LogP) is 0.807. The van der Waals surface area contributed by atoms with E-state index in [0.717, 1.165) is 17.7 Å². The minimum absolute atomic E-state index is 0.119. The number of hydrogen-bond donors (Lipinski definition) is 3. The van der Waals surface area contributed by atoms with Gasteiger partial charge in [0.2, 0.25) is 11.8 Å². The quantitative estimate of drug-likeness (QED) is 0.669. The zero-order chi connectivity index (χ0) is 19.5. The number of carbonyl (C=O) groups is 3. The summed E-state index contributed by atoms with van der Waals surface area (Å²) in [7, 11) is 0. The Bertz CT molecular complexity index is 853. The van der Waals surface area contributed by atoms with Crippen LogP contribution in [-0.2, 0) is 22.7 Å². The first kappa shape index (κ1) is 17.8. The Balaban J connectivity index is 1.20. The molecule has 5 rings (SSSR count). The highest BCUT2D eigenvalue weighted by atomic mass is 16.2. The van der Waals surface area contributed by atoms with E-state index >= 15 is 0 Å². The number of amides is 3. The maximum Gasteiger partial charge on any atom is 0.255 e. The van der Waals surface area contributed by atoms with Crippen LogP contribution in [0.4, 0.5) is 0 Å². The van der Waals surface area contributed by atoms with Crippen LogP contribution in [0.5, 0.6) is 0 Å². The van der Waals surface area contributed by atoms with E-state index in [1.165, 1.54) is 25.7 Å². The first-order valence-corrected chi connectivity index (χ1v) is 10.2. The molecule has 1 aromatic carbocycles. The number of nitrogens with zero attached hydrogens (tertiary/aromatic N) is 1. The lowest BCUT2D eigenvalue weighted by molar-refractivity contribution is -0.136. The van der Waals surface area contributed by atoms with Crippen LogP contribution < -0.4 is 16.4 Å². The lowest BCUT2D eigenvalue weighted by Gasteiger charge is -2.57. The van der Waals surface area contributed by atoms with E-state index in [2.05, 4.69) is 16.7 Å². The van der Waals surface area contributed by atoms with Gasteiger partial charge in [0.1, 0.15) is 6.04 Å². The van der Waals surface area contributed by atoms with Crippen LogP contribution in [0.25, 0.3) is 0 Å². The number of nitrogens with two attached hydrogens (primary N) is 1. The van der Waals surface area contributed by atoms with Gasteiger partial charge in [-0.1, -0.05) is 12.1 Å². The van der Waals surface area contributed by atoms with E-state index in [0.29, 0.717) is 36.0 Å². The molecule has 2 aliphatic heterocycles. The molecule has 148 valence electrons. The van der Waals surface area contributed by atoms with Gasteiger partial charge in [-0.2, -0.15) is 0 Å². The Labute approximate surface area is 164 Å². The molecule has 0 aromatic heterocycles. The zero-order valence-electron chi connectivity index (χ0n) is 15.9. The van der Waals surface area contributed by atoms with Crippen LogP contribution >= 0.6 is 0 Å². The average Bonchev–Trinajstić information content (AvgIpc) is 2.92. The van der Waals surface area contributed by atoms with Crippen molar-refractivity contribution in [2.24, 2.45) is 11.1 Å². The number of carbonyl (C=O) groups excluding carboxylic acids is 3. The summed E-state index contributed by atoms with van der Waals surface area (Å²) >= 11 is 0. The summed E-state index contributed by atoms with van der Waals surface area (Å²) in [6.45, 7) is 1.21. The summed E-state index contributed by atoms with van der Waals surface area (Å²) in [5.41, 5.74) is 9.23. The van der Waals surface area contributed by atoms with Crippen LogP contribution in [0, 0.1) is 5.41 Å². The fourth-order valence-corrected chi connectivity index (χ4v) is 5.52. The maximum absolute atomic E-state index is 12.7. The maximum atomic E-state index is 12.7. The molecule has 2 heterocycles. The Kier molecular flexibility index (Phi) is 4.07. The lowest BCUT2D eigenvalue weighted by Crippen LogP contribution is -2.58. The van der Waals surface area contributed by atoms with Crippen LogP contribution in [0.2, 0.25) is 0 Å². The van der Waals surface area contributed by atoms with Crippen molar-refractivity contribution in [2.75, 3.05) is 0 Å². The van der Waals surface area contributed by atoms with Crippen molar-refractivity contribution < 1.29 is 14.4 Å². The molecular weight excluding hydrogens is 356 g/mol. The SMILES string of the molecule is NC1CC2(C1)CC(NCc1ccc3c(c1)CN(C1CCC(=O)NC1=O)C3=O)C2. The smallest absolute Gasteiger partial charge is 0.255 e. The van der Waals surface area contributed by atoms with Gasteiger partial charge in [-0.25, -0.2) is 0 Å². The number of hydrogen-bond acceptors (Lipinski definition) is 5. The van der Waals surface area contributed by atoms with Crippen molar-refractivity contribution in [1.82, 2.24) is 15.5 Å². The molecule has 2 aliphatic carbocycles. The largest absolute Gasteiger partial charge is 0.328 e. The van der Waals surface area contributed by atoms with Crippen LogP contribution in [-0.4, -0.2) is 40.7 Å². The summed E-state index contributed by atoms with van der Waals surface area (Å²) in [5.74, 6) is -0.749. The van der Waals surface area contributed by atoms with E-state index in [1.54, 1.807) is 4.90 Å². The predicted molar refractivity (Wildman–Crippen MR) is 102 cm³/mol. The summed E-state index contributed by atoms with van der Waals surface area (Å²) < 4.78 is 0. The number of piperidine rings is 1. The molecule has 1 saturated heterocycles. The molecule has 2 saturated carbocycles. The number of nitrogens with one attached hydrogen (secondary N) is 2. The molecule has 0 bridgehead atoms. The summed E-state index contributed by atoms with van der Waals surface area (Å²) in [4.78, 5) is 37.8. The molecule has 1 atom stereocenters. The van der Waals surface area contributed by atoms with Gasteiger partial charge >= 0.3 is 0 Å². The molecule has 4 N–H and O–H groups in total. The summed E-state index contributed by atoms with van der Waals surface area (Å²) in [6, 6.07) is 6.34. The van der Waals surface area contributed by atoms with Crippen molar-refractivity contribution in [3.8, 4) is 0 Å². The second kappa shape index (κ2) is 6.39. The standard InChI is InChI=1S/C21H26N4O3/c22-14-6-21(7-14)8-15(9-21)23-10-12-1-2-16-13(5-12)11-25(20(16)28)17-3-4-18(26)24-19(17)27/h1-2,5,14-15,17,23H,3-4,6-11,22H2,(H,24,26,27). The van der Waals surface area contributed by atoms with E-state index < -0.39 is 6.04 Å². The molecule has 1 unspecified atom stereocenters. The molecule has 28 heavy (non-hydrogen) atoms. The Hall–Kier alpha value is -2.25. The van der Waals surface area contributed by atoms with Gasteiger partial charge in [-0.3, -0.25) is 19.7 Å². The van der Waals surface area contributed by atoms with E-state index in [1.807, 2.05) is 12.1 Å². The Morgan fingerprint density at radius 1 is 1.18 bits per heavy atom. The lowest BCUT2D eigenvalue weighted by atomic mass is 9.52. The highest BCUT2D eigenvalue weighted by molar-refractivity contribution is 6.05. The topological polar surface area (TPSA) is 105 Å². The first-order chi connectivity index (χ1) is 13.4. The molecule has 7 nitrogen and oxygen atoms in total. The number of fused-ring (bicyclic) bond motifs is 1. The van der Waals surface area contributed by atoms with Crippen LogP contribution in [0.3, 0.4) is 0 Å². The number of imide groups is 1. The van der Waals surface area contributed by atoms with Crippen LogP contribution in [0.15, 0.2) is 18.2 Å².